The van der Waals surface area contributed by atoms with E-state index in [1.54, 1.807) is 6.20 Å². The van der Waals surface area contributed by atoms with Crippen molar-refractivity contribution in [3.8, 4) is 0 Å². The van der Waals surface area contributed by atoms with Gasteiger partial charge in [0.15, 0.2) is 0 Å². The fourth-order valence-corrected chi connectivity index (χ4v) is 2.68. The van der Waals surface area contributed by atoms with Crippen molar-refractivity contribution in [1.82, 2.24) is 4.98 Å². The number of nitrogens with zero attached hydrogens (tertiary/aromatic N) is 2. The molecule has 6 nitrogen and oxygen atoms in total. The van der Waals surface area contributed by atoms with E-state index in [9.17, 15) is 9.59 Å². The standard InChI is InChI=1S/C10H10Br2N4O2/c11-5-2-15-9(12)7(13)8(5)16-3-4(10(14)18)1-6(16)17/h2,4H,1,3,13H2,(H2,14,18). The SMILES string of the molecule is NC(=O)C1CC(=O)N(c2c(Br)cnc(Br)c2N)C1. The van der Waals surface area contributed by atoms with Crippen molar-refractivity contribution in [3.05, 3.63) is 15.3 Å². The summed E-state index contributed by atoms with van der Waals surface area (Å²) in [7, 11) is 0. The number of anilines is 2. The maximum Gasteiger partial charge on any atom is 0.227 e. The molecular formula is C10H10Br2N4O2. The van der Waals surface area contributed by atoms with Crippen LogP contribution in [-0.4, -0.2) is 23.3 Å². The van der Waals surface area contributed by atoms with Crippen molar-refractivity contribution in [2.24, 2.45) is 11.7 Å². The van der Waals surface area contributed by atoms with E-state index in [0.29, 0.717) is 20.5 Å². The molecule has 2 amide bonds. The molecule has 1 aromatic heterocycles. The normalized spacial score (nSPS) is 19.3. The molecule has 8 heteroatoms. The van der Waals surface area contributed by atoms with Gasteiger partial charge in [-0.3, -0.25) is 9.59 Å². The fourth-order valence-electron chi connectivity index (χ4n) is 1.86. The Morgan fingerprint density at radius 1 is 1.50 bits per heavy atom. The van der Waals surface area contributed by atoms with Crippen LogP contribution in [0.2, 0.25) is 0 Å². The molecule has 4 N–H and O–H groups in total. The summed E-state index contributed by atoms with van der Waals surface area (Å²) >= 11 is 6.51. The highest BCUT2D eigenvalue weighted by Gasteiger charge is 2.36. The van der Waals surface area contributed by atoms with E-state index in [-0.39, 0.29) is 18.9 Å². The van der Waals surface area contributed by atoms with E-state index < -0.39 is 11.8 Å². The minimum absolute atomic E-state index is 0.112. The van der Waals surface area contributed by atoms with Gasteiger partial charge in [0.2, 0.25) is 11.8 Å². The van der Waals surface area contributed by atoms with Crippen molar-refractivity contribution in [2.45, 2.75) is 6.42 Å². The van der Waals surface area contributed by atoms with E-state index in [2.05, 4.69) is 36.8 Å². The van der Waals surface area contributed by atoms with Gasteiger partial charge in [-0.15, -0.1) is 0 Å². The Bertz CT molecular complexity index is 535. The van der Waals surface area contributed by atoms with Gasteiger partial charge in [0.05, 0.1) is 21.8 Å². The summed E-state index contributed by atoms with van der Waals surface area (Å²) in [6, 6.07) is 0. The van der Waals surface area contributed by atoms with E-state index >= 15 is 0 Å². The van der Waals surface area contributed by atoms with Crippen LogP contribution in [0.25, 0.3) is 0 Å². The maximum absolute atomic E-state index is 11.9. The van der Waals surface area contributed by atoms with Gasteiger partial charge >= 0.3 is 0 Å². The lowest BCUT2D eigenvalue weighted by molar-refractivity contribution is -0.123. The van der Waals surface area contributed by atoms with E-state index in [1.165, 1.54) is 4.90 Å². The first-order valence-electron chi connectivity index (χ1n) is 5.11. The molecule has 1 aliphatic heterocycles. The third kappa shape index (κ3) is 2.22. The second kappa shape index (κ2) is 4.85. The highest BCUT2D eigenvalue weighted by Crippen LogP contribution is 2.38. The number of carbonyl (C=O) groups excluding carboxylic acids is 2. The molecule has 0 saturated carbocycles. The van der Waals surface area contributed by atoms with Gasteiger partial charge in [0.1, 0.15) is 4.60 Å². The Balaban J connectivity index is 2.41. The number of amides is 2. The Kier molecular flexibility index (Phi) is 3.58. The van der Waals surface area contributed by atoms with Gasteiger partial charge in [-0.2, -0.15) is 0 Å². The lowest BCUT2D eigenvalue weighted by Crippen LogP contribution is -2.29. The molecule has 1 atom stereocenters. The predicted molar refractivity (Wildman–Crippen MR) is 73.7 cm³/mol. The van der Waals surface area contributed by atoms with Crippen molar-refractivity contribution >= 4 is 55.0 Å². The number of aromatic nitrogens is 1. The van der Waals surface area contributed by atoms with Crippen LogP contribution >= 0.6 is 31.9 Å². The van der Waals surface area contributed by atoms with Crippen molar-refractivity contribution < 1.29 is 9.59 Å². The molecule has 2 heterocycles. The minimum atomic E-state index is -0.478. The summed E-state index contributed by atoms with van der Waals surface area (Å²) in [6.07, 6.45) is 1.65. The largest absolute Gasteiger partial charge is 0.395 e. The average Bonchev–Trinajstić information content (AvgIpc) is 2.67. The molecule has 0 spiro atoms. The van der Waals surface area contributed by atoms with Crippen molar-refractivity contribution in [1.29, 1.82) is 0 Å². The van der Waals surface area contributed by atoms with Crippen LogP contribution in [0.4, 0.5) is 11.4 Å². The van der Waals surface area contributed by atoms with Crippen LogP contribution < -0.4 is 16.4 Å². The summed E-state index contributed by atoms with van der Waals surface area (Å²) in [6.45, 7) is 0.243. The molecule has 1 unspecified atom stereocenters. The second-order valence-electron chi connectivity index (χ2n) is 3.97. The van der Waals surface area contributed by atoms with Crippen molar-refractivity contribution in [3.63, 3.8) is 0 Å². The summed E-state index contributed by atoms with van der Waals surface area (Å²) in [4.78, 5) is 28.5. The van der Waals surface area contributed by atoms with Crippen LogP contribution in [0.5, 0.6) is 0 Å². The molecule has 1 saturated heterocycles. The van der Waals surface area contributed by atoms with Crippen LogP contribution in [0.15, 0.2) is 15.3 Å². The summed E-state index contributed by atoms with van der Waals surface area (Å²) in [5, 5.41) is 0. The lowest BCUT2D eigenvalue weighted by atomic mass is 10.1. The first-order chi connectivity index (χ1) is 8.41. The smallest absolute Gasteiger partial charge is 0.227 e. The van der Waals surface area contributed by atoms with Crippen LogP contribution in [0, 0.1) is 5.92 Å². The second-order valence-corrected chi connectivity index (χ2v) is 5.57. The first kappa shape index (κ1) is 13.3. The highest BCUT2D eigenvalue weighted by molar-refractivity contribution is 9.11. The third-order valence-corrected chi connectivity index (χ3v) is 4.00. The number of nitrogen functional groups attached to an aromatic ring is 1. The number of halogens is 2. The zero-order valence-corrected chi connectivity index (χ0v) is 12.4. The molecule has 0 aromatic carbocycles. The summed E-state index contributed by atoms with van der Waals surface area (Å²) in [5.41, 5.74) is 12.0. The van der Waals surface area contributed by atoms with Crippen molar-refractivity contribution in [2.75, 3.05) is 17.2 Å². The molecule has 18 heavy (non-hydrogen) atoms. The number of primary amides is 1. The number of hydrogen-bond donors (Lipinski definition) is 2. The Labute approximate surface area is 120 Å². The summed E-state index contributed by atoms with van der Waals surface area (Å²) in [5.74, 6) is -1.13. The van der Waals surface area contributed by atoms with Crippen LogP contribution in [0.1, 0.15) is 6.42 Å². The van der Waals surface area contributed by atoms with Crippen LogP contribution in [-0.2, 0) is 9.59 Å². The zero-order valence-electron chi connectivity index (χ0n) is 9.19. The Hall–Kier alpha value is -1.15. The van der Waals surface area contributed by atoms with Gasteiger partial charge in [-0.25, -0.2) is 4.98 Å². The molecule has 0 aliphatic carbocycles. The van der Waals surface area contributed by atoms with Crippen LogP contribution in [0.3, 0.4) is 0 Å². The monoisotopic (exact) mass is 376 g/mol. The zero-order chi connectivity index (χ0) is 13.4. The number of pyridine rings is 1. The number of nitrogens with two attached hydrogens (primary N) is 2. The predicted octanol–water partition coefficient (Wildman–Crippen LogP) is 1.03. The lowest BCUT2D eigenvalue weighted by Gasteiger charge is -2.20. The van der Waals surface area contributed by atoms with Gasteiger partial charge in [0.25, 0.3) is 0 Å². The fraction of sp³-hybridized carbons (Fsp3) is 0.300. The minimum Gasteiger partial charge on any atom is -0.395 e. The van der Waals surface area contributed by atoms with Gasteiger partial charge < -0.3 is 16.4 Å². The van der Waals surface area contributed by atoms with E-state index in [0.717, 1.165) is 0 Å². The van der Waals surface area contributed by atoms with Gasteiger partial charge in [-0.1, -0.05) is 0 Å². The number of hydrogen-bond acceptors (Lipinski definition) is 4. The number of carbonyl (C=O) groups is 2. The highest BCUT2D eigenvalue weighted by atomic mass is 79.9. The van der Waals surface area contributed by atoms with Gasteiger partial charge in [-0.05, 0) is 31.9 Å². The first-order valence-corrected chi connectivity index (χ1v) is 6.69. The average molecular weight is 378 g/mol. The number of rotatable bonds is 2. The molecular weight excluding hydrogens is 368 g/mol. The molecule has 2 rings (SSSR count). The topological polar surface area (TPSA) is 102 Å². The molecule has 1 aliphatic rings. The Morgan fingerprint density at radius 3 is 2.72 bits per heavy atom. The van der Waals surface area contributed by atoms with E-state index in [4.69, 9.17) is 11.5 Å². The molecule has 1 aromatic rings. The quantitative estimate of drug-likeness (QED) is 0.751. The summed E-state index contributed by atoms with van der Waals surface area (Å²) < 4.78 is 1.05. The molecule has 0 radical (unpaired) electrons. The van der Waals surface area contributed by atoms with E-state index in [1.807, 2.05) is 0 Å². The Morgan fingerprint density at radius 2 is 2.17 bits per heavy atom. The molecule has 0 bridgehead atoms. The third-order valence-electron chi connectivity index (χ3n) is 2.79. The van der Waals surface area contributed by atoms with Gasteiger partial charge in [0, 0.05) is 19.2 Å². The maximum atomic E-state index is 11.9. The molecule has 1 fully saturated rings. The molecule has 96 valence electrons.